The van der Waals surface area contributed by atoms with Gasteiger partial charge in [-0.3, -0.25) is 4.79 Å². The van der Waals surface area contributed by atoms with Crippen molar-refractivity contribution in [3.05, 3.63) is 35.2 Å². The van der Waals surface area contributed by atoms with Gasteiger partial charge in [0.25, 0.3) is 0 Å². The van der Waals surface area contributed by atoms with Crippen LogP contribution in [0.4, 0.5) is 5.13 Å². The number of benzene rings is 1. The summed E-state index contributed by atoms with van der Waals surface area (Å²) in [5.74, 6) is 0.892. The maximum atomic E-state index is 10.4. The van der Waals surface area contributed by atoms with Gasteiger partial charge in [-0.1, -0.05) is 18.2 Å². The molecule has 3 nitrogen and oxygen atoms in total. The molecule has 1 saturated carbocycles. The topological polar surface area (TPSA) is 42.0 Å². The summed E-state index contributed by atoms with van der Waals surface area (Å²) in [7, 11) is 0. The van der Waals surface area contributed by atoms with Crippen LogP contribution in [0.1, 0.15) is 18.4 Å². The number of nitrogens with one attached hydrogen (secondary N) is 1. The molecule has 0 unspecified atom stereocenters. The number of carbonyl (C=O) groups is 1. The highest BCUT2D eigenvalue weighted by Gasteiger charge is 2.21. The van der Waals surface area contributed by atoms with Gasteiger partial charge in [0.05, 0.1) is 5.69 Å². The summed E-state index contributed by atoms with van der Waals surface area (Å²) in [5, 5.41) is 5.20. The first kappa shape index (κ1) is 11.4. The second-order valence-electron chi connectivity index (χ2n) is 4.65. The molecule has 1 amide bonds. The van der Waals surface area contributed by atoms with E-state index in [0.29, 0.717) is 11.5 Å². The lowest BCUT2D eigenvalue weighted by atomic mass is 10.0. The van der Waals surface area contributed by atoms with Gasteiger partial charge >= 0.3 is 0 Å². The Balaban J connectivity index is 1.82. The number of thiazole rings is 1. The number of hydrogen-bond acceptors (Lipinski definition) is 3. The Morgan fingerprint density at radius 3 is 3.11 bits per heavy atom. The lowest BCUT2D eigenvalue weighted by molar-refractivity contribution is -0.105. The predicted octanol–water partition coefficient (Wildman–Crippen LogP) is 3.33. The SMILES string of the molecule is O=CNc1nc(-c2cccc(CC3CC3)c2)cs1. The van der Waals surface area contributed by atoms with E-state index >= 15 is 0 Å². The van der Waals surface area contributed by atoms with Crippen molar-refractivity contribution in [3.63, 3.8) is 0 Å². The standard InChI is InChI=1S/C14H14N2OS/c17-9-15-14-16-13(8-18-14)12-3-1-2-11(7-12)6-10-4-5-10/h1-3,7-10H,4-6H2,(H,15,16,17). The summed E-state index contributed by atoms with van der Waals surface area (Å²) in [4.78, 5) is 14.7. The molecule has 1 aromatic carbocycles. The number of rotatable bonds is 5. The van der Waals surface area contributed by atoms with Crippen molar-refractivity contribution >= 4 is 22.9 Å². The molecule has 18 heavy (non-hydrogen) atoms. The Labute approximate surface area is 110 Å². The van der Waals surface area contributed by atoms with Crippen molar-refractivity contribution in [3.8, 4) is 11.3 Å². The molecular formula is C14H14N2OS. The van der Waals surface area contributed by atoms with E-state index in [1.165, 1.54) is 36.2 Å². The molecule has 1 aliphatic carbocycles. The molecular weight excluding hydrogens is 244 g/mol. The molecule has 1 heterocycles. The van der Waals surface area contributed by atoms with E-state index in [4.69, 9.17) is 0 Å². The number of amides is 1. The third-order valence-corrected chi connectivity index (χ3v) is 3.90. The van der Waals surface area contributed by atoms with Crippen molar-refractivity contribution < 1.29 is 4.79 Å². The zero-order valence-electron chi connectivity index (χ0n) is 9.93. The van der Waals surface area contributed by atoms with E-state index in [0.717, 1.165) is 17.2 Å². The average molecular weight is 258 g/mol. The Morgan fingerprint density at radius 1 is 1.44 bits per heavy atom. The summed E-state index contributed by atoms with van der Waals surface area (Å²) in [6.07, 6.45) is 4.58. The van der Waals surface area contributed by atoms with Gasteiger partial charge in [-0.15, -0.1) is 11.3 Å². The number of hydrogen-bond donors (Lipinski definition) is 1. The fourth-order valence-corrected chi connectivity index (χ4v) is 2.72. The lowest BCUT2D eigenvalue weighted by Crippen LogP contribution is -1.92. The Bertz CT molecular complexity index is 560. The average Bonchev–Trinajstić information content (AvgIpc) is 3.06. The quantitative estimate of drug-likeness (QED) is 0.836. The first-order valence-corrected chi connectivity index (χ1v) is 6.98. The summed E-state index contributed by atoms with van der Waals surface area (Å²) in [6, 6.07) is 8.53. The van der Waals surface area contributed by atoms with Crippen molar-refractivity contribution in [1.29, 1.82) is 0 Å². The highest BCUT2D eigenvalue weighted by molar-refractivity contribution is 7.14. The van der Waals surface area contributed by atoms with E-state index in [2.05, 4.69) is 34.6 Å². The molecule has 1 fully saturated rings. The molecule has 1 aromatic heterocycles. The molecule has 0 bridgehead atoms. The van der Waals surface area contributed by atoms with Crippen LogP contribution in [-0.4, -0.2) is 11.4 Å². The molecule has 0 aliphatic heterocycles. The molecule has 92 valence electrons. The minimum atomic E-state index is 0.646. The van der Waals surface area contributed by atoms with Gasteiger partial charge in [0.15, 0.2) is 5.13 Å². The van der Waals surface area contributed by atoms with Gasteiger partial charge in [-0.2, -0.15) is 0 Å². The highest BCUT2D eigenvalue weighted by atomic mass is 32.1. The minimum Gasteiger partial charge on any atom is -0.305 e. The maximum Gasteiger partial charge on any atom is 0.213 e. The van der Waals surface area contributed by atoms with Crippen LogP contribution in [-0.2, 0) is 11.2 Å². The van der Waals surface area contributed by atoms with Gasteiger partial charge < -0.3 is 5.32 Å². The fourth-order valence-electron chi connectivity index (χ4n) is 2.04. The summed E-state index contributed by atoms with van der Waals surface area (Å²) >= 11 is 1.45. The zero-order valence-corrected chi connectivity index (χ0v) is 10.7. The van der Waals surface area contributed by atoms with Crippen LogP contribution in [0.2, 0.25) is 0 Å². The first-order valence-electron chi connectivity index (χ1n) is 6.10. The molecule has 0 saturated heterocycles. The molecule has 0 spiro atoms. The second kappa shape index (κ2) is 4.90. The normalized spacial score (nSPS) is 14.4. The molecule has 0 atom stereocenters. The van der Waals surface area contributed by atoms with Crippen LogP contribution in [0.5, 0.6) is 0 Å². The monoisotopic (exact) mass is 258 g/mol. The molecule has 3 rings (SSSR count). The smallest absolute Gasteiger partial charge is 0.213 e. The Hall–Kier alpha value is -1.68. The Morgan fingerprint density at radius 2 is 2.33 bits per heavy atom. The first-order chi connectivity index (χ1) is 8.85. The van der Waals surface area contributed by atoms with Crippen molar-refractivity contribution in [2.45, 2.75) is 19.3 Å². The van der Waals surface area contributed by atoms with Crippen molar-refractivity contribution in [1.82, 2.24) is 4.98 Å². The molecule has 1 N–H and O–H groups in total. The molecule has 2 aromatic rings. The van der Waals surface area contributed by atoms with Crippen LogP contribution in [0.3, 0.4) is 0 Å². The minimum absolute atomic E-state index is 0.646. The van der Waals surface area contributed by atoms with Crippen LogP contribution in [0.25, 0.3) is 11.3 Å². The van der Waals surface area contributed by atoms with Gasteiger partial charge in [-0.05, 0) is 36.8 Å². The van der Waals surface area contributed by atoms with Crippen molar-refractivity contribution in [2.24, 2.45) is 5.92 Å². The second-order valence-corrected chi connectivity index (χ2v) is 5.51. The summed E-state index contributed by atoms with van der Waals surface area (Å²) in [6.45, 7) is 0. The number of aromatic nitrogens is 1. The van der Waals surface area contributed by atoms with E-state index in [-0.39, 0.29) is 0 Å². The van der Waals surface area contributed by atoms with Gasteiger partial charge in [-0.25, -0.2) is 4.98 Å². The van der Waals surface area contributed by atoms with E-state index < -0.39 is 0 Å². The number of carbonyl (C=O) groups excluding carboxylic acids is 1. The van der Waals surface area contributed by atoms with E-state index in [9.17, 15) is 4.79 Å². The summed E-state index contributed by atoms with van der Waals surface area (Å²) in [5.41, 5.74) is 3.44. The van der Waals surface area contributed by atoms with Gasteiger partial charge in [0, 0.05) is 10.9 Å². The van der Waals surface area contributed by atoms with E-state index in [1.807, 2.05) is 5.38 Å². The highest BCUT2D eigenvalue weighted by Crippen LogP contribution is 2.33. The van der Waals surface area contributed by atoms with Crippen LogP contribution in [0, 0.1) is 5.92 Å². The van der Waals surface area contributed by atoms with Crippen molar-refractivity contribution in [2.75, 3.05) is 5.32 Å². The third-order valence-electron chi connectivity index (χ3n) is 3.13. The number of nitrogens with zero attached hydrogens (tertiary/aromatic N) is 1. The molecule has 1 aliphatic rings. The van der Waals surface area contributed by atoms with Gasteiger partial charge in [0.1, 0.15) is 0 Å². The third kappa shape index (κ3) is 2.59. The van der Waals surface area contributed by atoms with Crippen LogP contribution >= 0.6 is 11.3 Å². The largest absolute Gasteiger partial charge is 0.305 e. The van der Waals surface area contributed by atoms with E-state index in [1.54, 1.807) is 0 Å². The van der Waals surface area contributed by atoms with Gasteiger partial charge in [0.2, 0.25) is 6.41 Å². The zero-order chi connectivity index (χ0) is 12.4. The predicted molar refractivity (Wildman–Crippen MR) is 73.7 cm³/mol. The van der Waals surface area contributed by atoms with Crippen LogP contribution < -0.4 is 5.32 Å². The molecule has 4 heteroatoms. The van der Waals surface area contributed by atoms with Crippen LogP contribution in [0.15, 0.2) is 29.6 Å². The Kier molecular flexibility index (Phi) is 3.11. The maximum absolute atomic E-state index is 10.4. The lowest BCUT2D eigenvalue weighted by Gasteiger charge is -2.02. The number of anilines is 1. The summed E-state index contributed by atoms with van der Waals surface area (Å²) < 4.78 is 0. The fraction of sp³-hybridized carbons (Fsp3) is 0.286. The molecule has 0 radical (unpaired) electrons.